The smallest absolute Gasteiger partial charge is 0.452 e. The summed E-state index contributed by atoms with van der Waals surface area (Å²) < 4.78 is 69.5. The number of sulfonamides is 1. The zero-order valence-corrected chi connectivity index (χ0v) is 38.6. The molecule has 2 aromatic rings. The van der Waals surface area contributed by atoms with Crippen LogP contribution in [0.25, 0.3) is 0 Å². The van der Waals surface area contributed by atoms with E-state index in [0.29, 0.717) is 28.9 Å². The molecule has 4 N–H and O–H groups in total. The van der Waals surface area contributed by atoms with Gasteiger partial charge in [-0.25, -0.2) is 13.1 Å². The average molecular weight is 916 g/mol. The van der Waals surface area contributed by atoms with Gasteiger partial charge < -0.3 is 20.6 Å². The number of nitrogens with one attached hydrogen (secondary N) is 3. The molecule has 0 bridgehead atoms. The average Bonchev–Trinajstić information content (AvgIpc) is 3.53. The van der Waals surface area contributed by atoms with Gasteiger partial charge in [-0.1, -0.05) is 93.7 Å². The highest BCUT2D eigenvalue weighted by Gasteiger charge is 2.51. The van der Waals surface area contributed by atoms with Crippen molar-refractivity contribution in [2.75, 3.05) is 5.75 Å². The predicted molar refractivity (Wildman–Crippen MR) is 228 cm³/mol. The maximum Gasteiger partial charge on any atom is 0.452 e. The van der Waals surface area contributed by atoms with Crippen LogP contribution in [0.4, 0.5) is 13.2 Å². The first kappa shape index (κ1) is 49.8. The van der Waals surface area contributed by atoms with Crippen molar-refractivity contribution in [2.24, 2.45) is 17.8 Å². The number of alkyl halides is 3. The van der Waals surface area contributed by atoms with Crippen molar-refractivity contribution in [3.05, 3.63) is 52.0 Å². The number of amides is 4. The molecular formula is C43H58ClF3N4O8S2. The summed E-state index contributed by atoms with van der Waals surface area (Å²) in [7, 11) is -4.63. The van der Waals surface area contributed by atoms with Gasteiger partial charge in [-0.05, 0) is 78.2 Å². The molecule has 2 aliphatic rings. The van der Waals surface area contributed by atoms with Gasteiger partial charge in [-0.2, -0.15) is 13.2 Å². The molecule has 1 aliphatic carbocycles. The topological polar surface area (TPSA) is 179 Å². The van der Waals surface area contributed by atoms with Crippen molar-refractivity contribution in [1.82, 2.24) is 20.3 Å². The highest BCUT2D eigenvalue weighted by atomic mass is 35.5. The molecule has 4 amide bonds. The lowest BCUT2D eigenvalue weighted by atomic mass is 9.79. The number of halogens is 4. The van der Waals surface area contributed by atoms with Gasteiger partial charge in [0.05, 0.1) is 16.8 Å². The summed E-state index contributed by atoms with van der Waals surface area (Å²) in [6, 6.07) is 2.14. The van der Waals surface area contributed by atoms with E-state index < -0.39 is 97.3 Å². The number of thioether (sulfide) groups is 1. The van der Waals surface area contributed by atoms with Gasteiger partial charge in [0.15, 0.2) is 0 Å². The predicted octanol–water partition coefficient (Wildman–Crippen LogP) is 7.42. The lowest BCUT2D eigenvalue weighted by Gasteiger charge is -2.37. The third kappa shape index (κ3) is 11.8. The van der Waals surface area contributed by atoms with E-state index in [4.69, 9.17) is 11.6 Å². The third-order valence-electron chi connectivity index (χ3n) is 11.2. The Morgan fingerprint density at radius 1 is 0.869 bits per heavy atom. The number of rotatable bonds is 13. The largest absolute Gasteiger partial charge is 0.507 e. The van der Waals surface area contributed by atoms with Gasteiger partial charge in [0.2, 0.25) is 17.7 Å². The molecule has 61 heavy (non-hydrogen) atoms. The number of phenols is 1. The fraction of sp³-hybridized carbons (Fsp3) is 0.605. The second-order valence-electron chi connectivity index (χ2n) is 18.7. The monoisotopic (exact) mass is 914 g/mol. The van der Waals surface area contributed by atoms with Crippen LogP contribution >= 0.6 is 23.4 Å². The van der Waals surface area contributed by atoms with Crippen LogP contribution < -0.4 is 15.4 Å². The van der Waals surface area contributed by atoms with Crippen LogP contribution in [-0.4, -0.2) is 83.9 Å². The van der Waals surface area contributed by atoms with Crippen LogP contribution in [0.1, 0.15) is 123 Å². The summed E-state index contributed by atoms with van der Waals surface area (Å²) in [4.78, 5) is 68.8. The zero-order valence-electron chi connectivity index (χ0n) is 36.3. The van der Waals surface area contributed by atoms with E-state index in [9.17, 15) is 50.7 Å². The number of aromatic hydroxyl groups is 1. The molecule has 0 spiro atoms. The Balaban J connectivity index is 1.55. The number of Topliss-reactive ketones (excluding diaryl/α,β-unsaturated/α-hetero) is 1. The van der Waals surface area contributed by atoms with Crippen LogP contribution in [0.15, 0.2) is 40.1 Å². The van der Waals surface area contributed by atoms with Crippen molar-refractivity contribution in [3.63, 3.8) is 0 Å². The van der Waals surface area contributed by atoms with Crippen LogP contribution in [0, 0.1) is 17.8 Å². The van der Waals surface area contributed by atoms with Crippen LogP contribution in [0.2, 0.25) is 5.02 Å². The Morgan fingerprint density at radius 3 is 1.95 bits per heavy atom. The molecule has 12 nitrogen and oxygen atoms in total. The first-order valence-electron chi connectivity index (χ1n) is 20.4. The van der Waals surface area contributed by atoms with Crippen molar-refractivity contribution >= 4 is 62.8 Å². The molecule has 1 saturated heterocycles. The van der Waals surface area contributed by atoms with Gasteiger partial charge in [-0.15, -0.1) is 11.8 Å². The summed E-state index contributed by atoms with van der Waals surface area (Å²) in [6.07, 6.45) is -2.25. The van der Waals surface area contributed by atoms with E-state index in [1.54, 1.807) is 26.0 Å². The van der Waals surface area contributed by atoms with E-state index >= 15 is 0 Å². The van der Waals surface area contributed by atoms with Crippen molar-refractivity contribution in [3.8, 4) is 5.75 Å². The number of carbonyl (C=O) groups excluding carboxylic acids is 5. The van der Waals surface area contributed by atoms with E-state index in [1.807, 2.05) is 46.3 Å². The molecular weight excluding hydrogens is 857 g/mol. The van der Waals surface area contributed by atoms with Gasteiger partial charge in [0, 0.05) is 27.6 Å². The Bertz CT molecular complexity index is 2100. The SMILES string of the molecule is CC(C)C(NC(=O)c1ccc(Cl)c(S(=O)(=O)NC(=O)CSc2cc(C(C)(C)C)c(O)c(C(C)(C)C)c2)c1)C(=O)N1[C@@H](C(=O)NC(C(=O)C(F)(F)F)C(C)C)C[C@H]2CCCC[C@H]21. The van der Waals surface area contributed by atoms with E-state index in [2.05, 4.69) is 10.6 Å². The molecule has 2 aromatic carbocycles. The fourth-order valence-electron chi connectivity index (χ4n) is 7.94. The maximum atomic E-state index is 14.5. The summed E-state index contributed by atoms with van der Waals surface area (Å²) in [6.45, 7) is 17.7. The van der Waals surface area contributed by atoms with E-state index in [0.717, 1.165) is 36.7 Å². The van der Waals surface area contributed by atoms with E-state index in [-0.39, 0.29) is 34.4 Å². The van der Waals surface area contributed by atoms with Crippen LogP contribution in [0.5, 0.6) is 5.75 Å². The molecule has 1 saturated carbocycles. The molecule has 4 rings (SSSR count). The molecule has 338 valence electrons. The minimum absolute atomic E-state index is 0.131. The summed E-state index contributed by atoms with van der Waals surface area (Å²) >= 11 is 7.38. The highest BCUT2D eigenvalue weighted by molar-refractivity contribution is 8.00. The Hall–Kier alpha value is -3.83. The lowest BCUT2D eigenvalue weighted by Crippen LogP contribution is -2.59. The molecule has 2 unspecified atom stereocenters. The molecule has 0 radical (unpaired) electrons. The summed E-state index contributed by atoms with van der Waals surface area (Å²) in [5.74, 6) is -7.15. The molecule has 1 aliphatic heterocycles. The number of nitrogens with zero attached hydrogens (tertiary/aromatic N) is 1. The Labute approximate surface area is 365 Å². The molecule has 1 heterocycles. The molecule has 2 fully saturated rings. The van der Waals surface area contributed by atoms with Crippen molar-refractivity contribution < 1.29 is 50.7 Å². The number of ketones is 1. The third-order valence-corrected chi connectivity index (χ3v) is 14.0. The zero-order chi connectivity index (χ0) is 46.2. The van der Waals surface area contributed by atoms with Crippen molar-refractivity contribution in [1.29, 1.82) is 0 Å². The first-order chi connectivity index (χ1) is 27.9. The highest BCUT2D eigenvalue weighted by Crippen LogP contribution is 2.43. The fourth-order valence-corrected chi connectivity index (χ4v) is 10.3. The van der Waals surface area contributed by atoms with Gasteiger partial charge in [-0.3, -0.25) is 24.0 Å². The van der Waals surface area contributed by atoms with Gasteiger partial charge >= 0.3 is 6.18 Å². The van der Waals surface area contributed by atoms with Crippen LogP contribution in [-0.2, 0) is 40.0 Å². The van der Waals surface area contributed by atoms with E-state index in [1.165, 1.54) is 24.8 Å². The molecule has 5 atom stereocenters. The summed E-state index contributed by atoms with van der Waals surface area (Å²) in [5, 5.41) is 15.7. The minimum Gasteiger partial charge on any atom is -0.507 e. The number of benzene rings is 2. The number of hydrogen-bond acceptors (Lipinski definition) is 9. The molecule has 0 aromatic heterocycles. The normalized spacial score (nSPS) is 19.6. The Kier molecular flexibility index (Phi) is 15.4. The number of phenolic OH excluding ortho intramolecular Hbond substituents is 1. The minimum atomic E-state index is -5.19. The second-order valence-corrected chi connectivity index (χ2v) is 21.8. The van der Waals surface area contributed by atoms with Gasteiger partial charge in [0.1, 0.15) is 22.7 Å². The number of likely N-dealkylation sites (tertiary alicyclic amines) is 1. The number of hydrogen-bond donors (Lipinski definition) is 4. The van der Waals surface area contributed by atoms with Gasteiger partial charge in [0.25, 0.3) is 21.7 Å². The standard InChI is InChI=1S/C43H58ClF3N4O8S2/c1-22(2)34(37(54)43(45,46)47)48-39(56)31-17-24-13-11-12-14-30(24)51(31)40(57)35(23(3)4)49-38(55)25-15-16-29(44)32(18-25)61(58,59)50-33(52)21-60-26-19-27(41(5,6)7)36(53)28(20-26)42(8,9)10/h15-16,18-20,22-24,30-31,34-35,53H,11-14,17,21H2,1-10H3,(H,48,56)(H,49,55)(H,50,52)/t24-,30-,31-,34?,35?/m1/s1. The summed E-state index contributed by atoms with van der Waals surface area (Å²) in [5.41, 5.74) is 0.253. The van der Waals surface area contributed by atoms with Crippen LogP contribution in [0.3, 0.4) is 0 Å². The first-order valence-corrected chi connectivity index (χ1v) is 23.2. The quantitative estimate of drug-likeness (QED) is 0.149. The number of carbonyl (C=O) groups is 5. The molecule has 18 heteroatoms. The maximum absolute atomic E-state index is 14.5. The lowest BCUT2D eigenvalue weighted by molar-refractivity contribution is -0.175. The number of fused-ring (bicyclic) bond motifs is 1. The second kappa shape index (κ2) is 18.9. The Morgan fingerprint density at radius 2 is 1.43 bits per heavy atom. The van der Waals surface area contributed by atoms with Crippen molar-refractivity contribution in [2.45, 2.75) is 152 Å².